The maximum absolute atomic E-state index is 4.76. The lowest BCUT2D eigenvalue weighted by atomic mass is 10.0. The molecule has 0 radical (unpaired) electrons. The van der Waals surface area contributed by atoms with Gasteiger partial charge in [-0.25, -0.2) is 4.98 Å². The molecule has 0 bridgehead atoms. The van der Waals surface area contributed by atoms with Crippen LogP contribution in [0.5, 0.6) is 0 Å². The molecule has 4 nitrogen and oxygen atoms in total. The van der Waals surface area contributed by atoms with E-state index in [0.29, 0.717) is 17.9 Å². The molecule has 132 valence electrons. The maximum atomic E-state index is 4.76. The van der Waals surface area contributed by atoms with E-state index in [4.69, 9.17) is 9.97 Å². The number of aromatic nitrogens is 2. The average molecular weight is 344 g/mol. The van der Waals surface area contributed by atoms with Gasteiger partial charge in [0.1, 0.15) is 5.82 Å². The van der Waals surface area contributed by atoms with Crippen molar-refractivity contribution in [1.82, 2.24) is 9.97 Å². The van der Waals surface area contributed by atoms with Crippen molar-refractivity contribution in [3.8, 4) is 11.3 Å². The molecule has 1 aromatic heterocycles. The fourth-order valence-electron chi connectivity index (χ4n) is 3.01. The Morgan fingerprint density at radius 1 is 0.923 bits per heavy atom. The number of anilines is 3. The summed E-state index contributed by atoms with van der Waals surface area (Å²) in [5.41, 5.74) is 4.34. The molecule has 26 heavy (non-hydrogen) atoms. The third-order valence-corrected chi connectivity index (χ3v) is 4.55. The summed E-state index contributed by atoms with van der Waals surface area (Å²) in [6, 6.07) is 21.2. The van der Waals surface area contributed by atoms with Crippen LogP contribution in [0.15, 0.2) is 60.7 Å². The summed E-state index contributed by atoms with van der Waals surface area (Å²) in [5, 5.41) is 6.93. The van der Waals surface area contributed by atoms with Gasteiger partial charge >= 0.3 is 0 Å². The molecular formula is C22H24N4. The number of nitrogens with one attached hydrogen (secondary N) is 2. The van der Waals surface area contributed by atoms with Crippen molar-refractivity contribution >= 4 is 17.5 Å². The molecule has 0 aliphatic heterocycles. The Hall–Kier alpha value is -2.88. The first-order chi connectivity index (χ1) is 12.7. The summed E-state index contributed by atoms with van der Waals surface area (Å²) in [6.07, 6.45) is 2.42. The zero-order chi connectivity index (χ0) is 17.9. The third kappa shape index (κ3) is 3.85. The smallest absolute Gasteiger partial charge is 0.229 e. The summed E-state index contributed by atoms with van der Waals surface area (Å²) < 4.78 is 0. The summed E-state index contributed by atoms with van der Waals surface area (Å²) in [4.78, 5) is 9.47. The van der Waals surface area contributed by atoms with E-state index in [0.717, 1.165) is 22.8 Å². The Balaban J connectivity index is 1.71. The molecular weight excluding hydrogens is 320 g/mol. The monoisotopic (exact) mass is 344 g/mol. The highest BCUT2D eigenvalue weighted by atomic mass is 15.2. The predicted molar refractivity (Wildman–Crippen MR) is 108 cm³/mol. The molecule has 1 aliphatic carbocycles. The molecule has 0 atom stereocenters. The zero-order valence-corrected chi connectivity index (χ0v) is 15.2. The average Bonchev–Trinajstić information content (AvgIpc) is 3.46. The first-order valence-electron chi connectivity index (χ1n) is 9.26. The maximum Gasteiger partial charge on any atom is 0.229 e. The van der Waals surface area contributed by atoms with Gasteiger partial charge in [0.2, 0.25) is 5.95 Å². The molecule has 2 N–H and O–H groups in total. The van der Waals surface area contributed by atoms with Crippen LogP contribution < -0.4 is 10.6 Å². The zero-order valence-electron chi connectivity index (χ0n) is 15.2. The van der Waals surface area contributed by atoms with Crippen LogP contribution in [0.1, 0.15) is 38.2 Å². The molecule has 4 rings (SSSR count). The standard InChI is InChI=1S/C22H24N4/c1-15(2)18-10-6-7-11-19(18)24-22-25-20(16-8-4-3-5-9-16)14-21(26-22)23-17-12-13-17/h3-11,14-15,17H,12-13H2,1-2H3,(H2,23,24,25,26). The molecule has 0 saturated heterocycles. The van der Waals surface area contributed by atoms with Crippen LogP contribution in [0.25, 0.3) is 11.3 Å². The fourth-order valence-corrected chi connectivity index (χ4v) is 3.01. The van der Waals surface area contributed by atoms with Gasteiger partial charge in [0.05, 0.1) is 5.69 Å². The van der Waals surface area contributed by atoms with Crippen LogP contribution in [0.3, 0.4) is 0 Å². The number of benzene rings is 2. The molecule has 3 aromatic rings. The minimum atomic E-state index is 0.431. The number of hydrogen-bond acceptors (Lipinski definition) is 4. The molecule has 1 saturated carbocycles. The van der Waals surface area contributed by atoms with Gasteiger partial charge < -0.3 is 10.6 Å². The van der Waals surface area contributed by atoms with Crippen LogP contribution in [0, 0.1) is 0 Å². The van der Waals surface area contributed by atoms with Gasteiger partial charge in [0.25, 0.3) is 0 Å². The van der Waals surface area contributed by atoms with E-state index >= 15 is 0 Å². The highest BCUT2D eigenvalue weighted by molar-refractivity contribution is 5.67. The SMILES string of the molecule is CC(C)c1ccccc1Nc1nc(NC2CC2)cc(-c2ccccc2)n1. The van der Waals surface area contributed by atoms with Gasteiger partial charge in [-0.1, -0.05) is 62.4 Å². The van der Waals surface area contributed by atoms with Crippen LogP contribution in [-0.2, 0) is 0 Å². The van der Waals surface area contributed by atoms with E-state index in [9.17, 15) is 0 Å². The summed E-state index contributed by atoms with van der Waals surface area (Å²) in [7, 11) is 0. The normalized spacial score (nSPS) is 13.7. The first-order valence-corrected chi connectivity index (χ1v) is 9.26. The van der Waals surface area contributed by atoms with E-state index in [1.54, 1.807) is 0 Å². The number of rotatable bonds is 6. The van der Waals surface area contributed by atoms with E-state index < -0.39 is 0 Å². The minimum absolute atomic E-state index is 0.431. The fraction of sp³-hybridized carbons (Fsp3) is 0.273. The van der Waals surface area contributed by atoms with Crippen molar-refractivity contribution in [1.29, 1.82) is 0 Å². The quantitative estimate of drug-likeness (QED) is 0.612. The highest BCUT2D eigenvalue weighted by Gasteiger charge is 2.22. The van der Waals surface area contributed by atoms with Gasteiger partial charge in [-0.15, -0.1) is 0 Å². The lowest BCUT2D eigenvalue weighted by Crippen LogP contribution is -2.07. The van der Waals surface area contributed by atoms with Crippen LogP contribution in [0.4, 0.5) is 17.5 Å². The van der Waals surface area contributed by atoms with Crippen molar-refractivity contribution < 1.29 is 0 Å². The molecule has 4 heteroatoms. The van der Waals surface area contributed by atoms with Gasteiger partial charge in [-0.3, -0.25) is 0 Å². The lowest BCUT2D eigenvalue weighted by Gasteiger charge is -2.15. The highest BCUT2D eigenvalue weighted by Crippen LogP contribution is 2.29. The van der Waals surface area contributed by atoms with Gasteiger partial charge in [0, 0.05) is 23.4 Å². The largest absolute Gasteiger partial charge is 0.367 e. The van der Waals surface area contributed by atoms with Crippen molar-refractivity contribution in [2.45, 2.75) is 38.6 Å². The Morgan fingerprint density at radius 2 is 1.65 bits per heavy atom. The second-order valence-corrected chi connectivity index (χ2v) is 7.11. The Bertz CT molecular complexity index is 886. The lowest BCUT2D eigenvalue weighted by molar-refractivity contribution is 0.868. The van der Waals surface area contributed by atoms with E-state index in [1.807, 2.05) is 30.3 Å². The molecule has 1 fully saturated rings. The van der Waals surface area contributed by atoms with E-state index in [1.165, 1.54) is 18.4 Å². The van der Waals surface area contributed by atoms with Crippen LogP contribution >= 0.6 is 0 Å². The molecule has 1 heterocycles. The number of para-hydroxylation sites is 1. The van der Waals surface area contributed by atoms with Crippen molar-refractivity contribution in [3.05, 3.63) is 66.2 Å². The van der Waals surface area contributed by atoms with Gasteiger partial charge in [0.15, 0.2) is 0 Å². The predicted octanol–water partition coefficient (Wildman–Crippen LogP) is 5.58. The van der Waals surface area contributed by atoms with Crippen LogP contribution in [-0.4, -0.2) is 16.0 Å². The number of hydrogen-bond donors (Lipinski definition) is 2. The van der Waals surface area contributed by atoms with E-state index in [2.05, 4.69) is 54.8 Å². The van der Waals surface area contributed by atoms with Gasteiger partial charge in [-0.05, 0) is 30.4 Å². The van der Waals surface area contributed by atoms with Crippen molar-refractivity contribution in [3.63, 3.8) is 0 Å². The van der Waals surface area contributed by atoms with Crippen LogP contribution in [0.2, 0.25) is 0 Å². The molecule has 0 spiro atoms. The van der Waals surface area contributed by atoms with E-state index in [-0.39, 0.29) is 0 Å². The molecule has 0 amide bonds. The molecule has 0 unspecified atom stereocenters. The van der Waals surface area contributed by atoms with Crippen molar-refractivity contribution in [2.24, 2.45) is 0 Å². The second kappa shape index (κ2) is 7.16. The topological polar surface area (TPSA) is 49.8 Å². The van der Waals surface area contributed by atoms with Gasteiger partial charge in [-0.2, -0.15) is 4.98 Å². The minimum Gasteiger partial charge on any atom is -0.367 e. The summed E-state index contributed by atoms with van der Waals surface area (Å²) in [5.74, 6) is 1.94. The Morgan fingerprint density at radius 3 is 2.38 bits per heavy atom. The summed E-state index contributed by atoms with van der Waals surface area (Å²) >= 11 is 0. The molecule has 2 aromatic carbocycles. The molecule has 1 aliphatic rings. The third-order valence-electron chi connectivity index (χ3n) is 4.55. The second-order valence-electron chi connectivity index (χ2n) is 7.11. The first kappa shape index (κ1) is 16.6. The Labute approximate surface area is 154 Å². The number of nitrogens with zero attached hydrogens (tertiary/aromatic N) is 2. The Kier molecular flexibility index (Phi) is 4.57. The van der Waals surface area contributed by atoms with Crippen molar-refractivity contribution in [2.75, 3.05) is 10.6 Å². The summed E-state index contributed by atoms with van der Waals surface area (Å²) in [6.45, 7) is 4.39.